The molecule has 1 aliphatic rings. The van der Waals surface area contributed by atoms with E-state index in [0.29, 0.717) is 0 Å². The lowest BCUT2D eigenvalue weighted by molar-refractivity contribution is 0.686. The molecule has 0 atom stereocenters. The summed E-state index contributed by atoms with van der Waals surface area (Å²) in [6.07, 6.45) is 4.57. The van der Waals surface area contributed by atoms with E-state index in [4.69, 9.17) is 0 Å². The zero-order chi connectivity index (χ0) is 13.1. The molecule has 2 aromatic heterocycles. The molecular formula is C15H19N3S. The lowest BCUT2D eigenvalue weighted by Crippen LogP contribution is -2.19. The van der Waals surface area contributed by atoms with Crippen LogP contribution in [0.15, 0.2) is 35.8 Å². The normalized spacial score (nSPS) is 14.6. The molecular weight excluding hydrogens is 254 g/mol. The summed E-state index contributed by atoms with van der Waals surface area (Å²) in [5, 5.41) is 5.66. The van der Waals surface area contributed by atoms with Gasteiger partial charge < -0.3 is 10.2 Å². The molecule has 0 unspecified atom stereocenters. The minimum absolute atomic E-state index is 0.750. The highest BCUT2D eigenvalue weighted by atomic mass is 32.1. The van der Waals surface area contributed by atoms with Crippen molar-refractivity contribution in [2.45, 2.75) is 32.0 Å². The van der Waals surface area contributed by atoms with Gasteiger partial charge in [0, 0.05) is 30.7 Å². The smallest absolute Gasteiger partial charge is 0.128 e. The van der Waals surface area contributed by atoms with Crippen molar-refractivity contribution in [3.63, 3.8) is 0 Å². The van der Waals surface area contributed by atoms with Gasteiger partial charge in [-0.2, -0.15) is 0 Å². The maximum absolute atomic E-state index is 4.47. The Morgan fingerprint density at radius 3 is 3.05 bits per heavy atom. The molecule has 3 nitrogen and oxygen atoms in total. The molecule has 1 N–H and O–H groups in total. The lowest BCUT2D eigenvalue weighted by Gasteiger charge is -2.18. The fourth-order valence-electron chi connectivity index (χ4n) is 2.05. The van der Waals surface area contributed by atoms with Gasteiger partial charge in [0.1, 0.15) is 5.82 Å². The minimum atomic E-state index is 0.750. The van der Waals surface area contributed by atoms with Gasteiger partial charge in [-0.1, -0.05) is 6.07 Å². The molecule has 4 heteroatoms. The van der Waals surface area contributed by atoms with E-state index in [-0.39, 0.29) is 0 Å². The first-order chi connectivity index (χ1) is 9.31. The van der Waals surface area contributed by atoms with Crippen molar-refractivity contribution in [2.24, 2.45) is 0 Å². The topological polar surface area (TPSA) is 28.2 Å². The largest absolute Gasteiger partial charge is 0.355 e. The van der Waals surface area contributed by atoms with E-state index in [1.807, 2.05) is 6.20 Å². The maximum atomic E-state index is 4.47. The molecule has 2 aromatic rings. The van der Waals surface area contributed by atoms with Gasteiger partial charge in [-0.25, -0.2) is 4.98 Å². The van der Waals surface area contributed by atoms with Crippen LogP contribution in [0.25, 0.3) is 0 Å². The number of thiophene rings is 1. The Morgan fingerprint density at radius 1 is 1.42 bits per heavy atom. The van der Waals surface area contributed by atoms with Crippen LogP contribution >= 0.6 is 11.3 Å². The molecule has 2 heterocycles. The van der Waals surface area contributed by atoms with Gasteiger partial charge in [-0.3, -0.25) is 0 Å². The second kappa shape index (κ2) is 5.72. The van der Waals surface area contributed by atoms with E-state index in [0.717, 1.165) is 24.9 Å². The van der Waals surface area contributed by atoms with E-state index in [9.17, 15) is 0 Å². The van der Waals surface area contributed by atoms with Crippen LogP contribution in [-0.4, -0.2) is 18.1 Å². The Kier molecular flexibility index (Phi) is 3.80. The molecule has 1 aliphatic carbocycles. The van der Waals surface area contributed by atoms with Gasteiger partial charge in [-0.05, 0) is 42.0 Å². The summed E-state index contributed by atoms with van der Waals surface area (Å²) in [5.74, 6) is 1.04. The van der Waals surface area contributed by atoms with Crippen LogP contribution in [0.4, 0.5) is 5.82 Å². The van der Waals surface area contributed by atoms with Gasteiger partial charge >= 0.3 is 0 Å². The van der Waals surface area contributed by atoms with Crippen molar-refractivity contribution >= 4 is 17.2 Å². The molecule has 0 bridgehead atoms. The summed E-state index contributed by atoms with van der Waals surface area (Å²) in [7, 11) is 2.10. The molecule has 0 amide bonds. The Labute approximate surface area is 118 Å². The second-order valence-corrected chi connectivity index (χ2v) is 6.15. The fourth-order valence-corrected chi connectivity index (χ4v) is 2.80. The zero-order valence-corrected chi connectivity index (χ0v) is 12.0. The van der Waals surface area contributed by atoms with Crippen LogP contribution in [0.5, 0.6) is 0 Å². The molecule has 1 saturated carbocycles. The Balaban J connectivity index is 1.63. The number of nitrogens with zero attached hydrogens (tertiary/aromatic N) is 2. The number of hydrogen-bond donors (Lipinski definition) is 1. The van der Waals surface area contributed by atoms with Crippen LogP contribution in [0, 0.1) is 0 Å². The SMILES string of the molecule is CN(Cc1cccs1)c1cc(CNC2CC2)ccn1. The van der Waals surface area contributed by atoms with E-state index in [2.05, 4.69) is 51.9 Å². The van der Waals surface area contributed by atoms with E-state index in [1.54, 1.807) is 11.3 Å². The standard InChI is InChI=1S/C15H19N3S/c1-18(11-14-3-2-8-19-14)15-9-12(6-7-16-15)10-17-13-4-5-13/h2-3,6-9,13,17H,4-5,10-11H2,1H3. The summed E-state index contributed by atoms with van der Waals surface area (Å²) >= 11 is 1.79. The predicted octanol–water partition coefficient (Wildman–Crippen LogP) is 3.03. The summed E-state index contributed by atoms with van der Waals surface area (Å²) in [5.41, 5.74) is 1.31. The number of aromatic nitrogens is 1. The molecule has 0 spiro atoms. The third-order valence-electron chi connectivity index (χ3n) is 3.35. The number of rotatable bonds is 6. The Morgan fingerprint density at radius 2 is 2.32 bits per heavy atom. The van der Waals surface area contributed by atoms with Crippen molar-refractivity contribution in [3.8, 4) is 0 Å². The molecule has 1 fully saturated rings. The molecule has 0 radical (unpaired) electrons. The van der Waals surface area contributed by atoms with E-state index < -0.39 is 0 Å². The van der Waals surface area contributed by atoms with Crippen LogP contribution in [0.3, 0.4) is 0 Å². The summed E-state index contributed by atoms with van der Waals surface area (Å²) < 4.78 is 0. The fraction of sp³-hybridized carbons (Fsp3) is 0.400. The maximum Gasteiger partial charge on any atom is 0.128 e. The molecule has 19 heavy (non-hydrogen) atoms. The van der Waals surface area contributed by atoms with Crippen molar-refractivity contribution in [1.82, 2.24) is 10.3 Å². The first-order valence-corrected chi connectivity index (χ1v) is 7.61. The highest BCUT2D eigenvalue weighted by Gasteiger charge is 2.20. The highest BCUT2D eigenvalue weighted by Crippen LogP contribution is 2.20. The van der Waals surface area contributed by atoms with Gasteiger partial charge in [0.05, 0.1) is 6.54 Å². The zero-order valence-electron chi connectivity index (χ0n) is 11.2. The minimum Gasteiger partial charge on any atom is -0.355 e. The van der Waals surface area contributed by atoms with Crippen LogP contribution in [0.1, 0.15) is 23.3 Å². The second-order valence-electron chi connectivity index (χ2n) is 5.11. The molecule has 3 rings (SSSR count). The lowest BCUT2D eigenvalue weighted by atomic mass is 10.2. The van der Waals surface area contributed by atoms with Crippen molar-refractivity contribution < 1.29 is 0 Å². The van der Waals surface area contributed by atoms with Gasteiger partial charge in [0.25, 0.3) is 0 Å². The van der Waals surface area contributed by atoms with Crippen LogP contribution < -0.4 is 10.2 Å². The Bertz CT molecular complexity index is 520. The summed E-state index contributed by atoms with van der Waals surface area (Å²) in [6.45, 7) is 1.87. The molecule has 0 saturated heterocycles. The first-order valence-electron chi connectivity index (χ1n) is 6.73. The van der Waals surface area contributed by atoms with Gasteiger partial charge in [-0.15, -0.1) is 11.3 Å². The number of nitrogens with one attached hydrogen (secondary N) is 1. The van der Waals surface area contributed by atoms with E-state index >= 15 is 0 Å². The van der Waals surface area contributed by atoms with Crippen LogP contribution in [0.2, 0.25) is 0 Å². The van der Waals surface area contributed by atoms with Crippen LogP contribution in [-0.2, 0) is 13.1 Å². The van der Waals surface area contributed by atoms with Crippen molar-refractivity contribution in [3.05, 3.63) is 46.3 Å². The quantitative estimate of drug-likeness (QED) is 0.877. The predicted molar refractivity (Wildman–Crippen MR) is 80.5 cm³/mol. The third-order valence-corrected chi connectivity index (χ3v) is 4.21. The average Bonchev–Trinajstić information content (AvgIpc) is 3.13. The van der Waals surface area contributed by atoms with Gasteiger partial charge in [0.2, 0.25) is 0 Å². The molecule has 0 aliphatic heterocycles. The first kappa shape index (κ1) is 12.6. The summed E-state index contributed by atoms with van der Waals surface area (Å²) in [6, 6.07) is 9.29. The molecule has 0 aromatic carbocycles. The van der Waals surface area contributed by atoms with Crippen molar-refractivity contribution in [2.75, 3.05) is 11.9 Å². The monoisotopic (exact) mass is 273 g/mol. The number of anilines is 1. The highest BCUT2D eigenvalue weighted by molar-refractivity contribution is 7.09. The van der Waals surface area contributed by atoms with Gasteiger partial charge in [0.15, 0.2) is 0 Å². The summed E-state index contributed by atoms with van der Waals surface area (Å²) in [4.78, 5) is 8.03. The molecule has 100 valence electrons. The van der Waals surface area contributed by atoms with Crippen molar-refractivity contribution in [1.29, 1.82) is 0 Å². The Hall–Kier alpha value is -1.39. The number of hydrogen-bond acceptors (Lipinski definition) is 4. The van der Waals surface area contributed by atoms with E-state index in [1.165, 1.54) is 23.3 Å². The average molecular weight is 273 g/mol. The third kappa shape index (κ3) is 3.55. The number of pyridine rings is 1.